The van der Waals surface area contributed by atoms with E-state index in [4.69, 9.17) is 14.1 Å². The van der Waals surface area contributed by atoms with Crippen LogP contribution >= 0.6 is 0 Å². The van der Waals surface area contributed by atoms with Crippen molar-refractivity contribution in [3.8, 4) is 17.0 Å². The summed E-state index contributed by atoms with van der Waals surface area (Å²) in [5, 5.41) is 1.21. The number of rotatable bonds is 8. The molecule has 2 aliphatic heterocycles. The number of aromatic nitrogens is 2. The molecule has 0 atom stereocenters. The number of amides is 1. The van der Waals surface area contributed by atoms with Crippen LogP contribution in [-0.4, -0.2) is 68.0 Å². The number of likely N-dealkylation sites (N-methyl/N-ethyl adjacent to an activating group) is 1. The van der Waals surface area contributed by atoms with Crippen LogP contribution in [0.5, 0.6) is 5.88 Å². The van der Waals surface area contributed by atoms with Crippen molar-refractivity contribution in [3.05, 3.63) is 48.3 Å². The summed E-state index contributed by atoms with van der Waals surface area (Å²) in [6, 6.07) is 10.5. The van der Waals surface area contributed by atoms with Gasteiger partial charge in [0.05, 0.1) is 35.0 Å². The third-order valence-electron chi connectivity index (χ3n) is 11.3. The smallest absolute Gasteiger partial charge is 0.237 e. The van der Waals surface area contributed by atoms with Crippen molar-refractivity contribution >= 4 is 30.8 Å². The van der Waals surface area contributed by atoms with E-state index in [2.05, 4.69) is 74.9 Å². The van der Waals surface area contributed by atoms with Gasteiger partial charge in [0.1, 0.15) is 0 Å². The first-order valence-electron chi connectivity index (χ1n) is 17.1. The van der Waals surface area contributed by atoms with Gasteiger partial charge in [-0.2, -0.15) is 0 Å². The van der Waals surface area contributed by atoms with E-state index in [1.54, 1.807) is 0 Å². The summed E-state index contributed by atoms with van der Waals surface area (Å²) in [5.74, 6) is 0.854. The van der Waals surface area contributed by atoms with E-state index >= 15 is 0 Å². The number of ether oxygens (including phenoxy) is 1. The molecule has 1 aromatic carbocycles. The molecule has 0 bridgehead atoms. The van der Waals surface area contributed by atoms with Crippen LogP contribution in [-0.2, 0) is 14.6 Å². The molecule has 1 amide bonds. The first kappa shape index (κ1) is 32.1. The van der Waals surface area contributed by atoms with E-state index < -0.39 is 13.7 Å². The zero-order chi connectivity index (χ0) is 32.0. The van der Waals surface area contributed by atoms with Crippen LogP contribution in [0.15, 0.2) is 42.7 Å². The van der Waals surface area contributed by atoms with Gasteiger partial charge in [-0.25, -0.2) is 4.98 Å². The standard InChI is InChI=1S/C37H52N4O3Si/c1-35(2,3)45(6,7)44-36(4)16-18-37(19-17-36)33-29-24-27(12-14-30(29)38-26-31(33)40(5)34(37)42)28-13-15-32(39-25-28)43-23-11-22-41-20-9-8-10-21-41/h12-15,24-26H,8-11,16-23H2,1-7H3. The SMILES string of the molecule is CN1C(=O)C2(CCC(C)(O[Si](C)(C)C(C)(C)C)CC2)c2c1cnc1ccc(-c3ccc(OCCCN4CCCCC4)nc3)cc21. The van der Waals surface area contributed by atoms with E-state index in [0.29, 0.717) is 12.5 Å². The predicted octanol–water partition coefficient (Wildman–Crippen LogP) is 8.12. The molecule has 7 nitrogen and oxygen atoms in total. The molecule has 6 rings (SSSR count). The van der Waals surface area contributed by atoms with Gasteiger partial charge in [0.15, 0.2) is 8.32 Å². The van der Waals surface area contributed by atoms with Crippen LogP contribution in [0.2, 0.25) is 18.1 Å². The number of pyridine rings is 2. The monoisotopic (exact) mass is 628 g/mol. The van der Waals surface area contributed by atoms with Crippen LogP contribution in [0.1, 0.15) is 84.6 Å². The second-order valence-electron chi connectivity index (χ2n) is 15.5. The highest BCUT2D eigenvalue weighted by Gasteiger charge is 2.55. The van der Waals surface area contributed by atoms with Crippen LogP contribution in [0, 0.1) is 0 Å². The molecule has 4 heterocycles. The van der Waals surface area contributed by atoms with Crippen molar-refractivity contribution in [2.75, 3.05) is 38.2 Å². The fourth-order valence-corrected chi connectivity index (χ4v) is 9.22. The molecule has 1 saturated heterocycles. The van der Waals surface area contributed by atoms with Gasteiger partial charge in [-0.1, -0.05) is 33.3 Å². The number of carbonyl (C=O) groups excluding carboxylic acids is 1. The van der Waals surface area contributed by atoms with Gasteiger partial charge in [-0.05, 0) is 107 Å². The lowest BCUT2D eigenvalue weighted by Gasteiger charge is -2.49. The van der Waals surface area contributed by atoms with Crippen molar-refractivity contribution in [2.24, 2.45) is 0 Å². The minimum Gasteiger partial charge on any atom is -0.478 e. The number of benzene rings is 1. The maximum atomic E-state index is 14.1. The Balaban J connectivity index is 1.22. The van der Waals surface area contributed by atoms with Crippen LogP contribution < -0.4 is 9.64 Å². The number of fused-ring (bicyclic) bond motifs is 4. The molecule has 0 unspecified atom stereocenters. The third kappa shape index (κ3) is 6.18. The number of hydrogen-bond acceptors (Lipinski definition) is 6. The van der Waals surface area contributed by atoms with Crippen LogP contribution in [0.4, 0.5) is 5.69 Å². The molecule has 3 aromatic rings. The number of nitrogens with zero attached hydrogens (tertiary/aromatic N) is 4. The molecule has 1 aliphatic carbocycles. The van der Waals surface area contributed by atoms with E-state index in [-0.39, 0.29) is 16.5 Å². The van der Waals surface area contributed by atoms with Crippen molar-refractivity contribution < 1.29 is 14.0 Å². The Morgan fingerprint density at radius 3 is 2.31 bits per heavy atom. The zero-order valence-corrected chi connectivity index (χ0v) is 29.5. The molecule has 0 radical (unpaired) electrons. The molecule has 242 valence electrons. The Kier molecular flexibility index (Phi) is 8.63. The van der Waals surface area contributed by atoms with Gasteiger partial charge >= 0.3 is 0 Å². The number of hydrogen-bond donors (Lipinski definition) is 0. The molecule has 0 N–H and O–H groups in total. The van der Waals surface area contributed by atoms with Crippen molar-refractivity contribution in [1.29, 1.82) is 0 Å². The van der Waals surface area contributed by atoms with Crippen LogP contribution in [0.3, 0.4) is 0 Å². The van der Waals surface area contributed by atoms with Crippen molar-refractivity contribution in [3.63, 3.8) is 0 Å². The molecule has 1 saturated carbocycles. The third-order valence-corrected chi connectivity index (χ3v) is 15.9. The summed E-state index contributed by atoms with van der Waals surface area (Å²) >= 11 is 0. The maximum Gasteiger partial charge on any atom is 0.237 e. The second-order valence-corrected chi connectivity index (χ2v) is 20.2. The number of piperidine rings is 1. The predicted molar refractivity (Wildman–Crippen MR) is 186 cm³/mol. The fraction of sp³-hybridized carbons (Fsp3) is 0.595. The second kappa shape index (κ2) is 12.1. The highest BCUT2D eigenvalue weighted by atomic mass is 28.4. The Morgan fingerprint density at radius 1 is 0.933 bits per heavy atom. The summed E-state index contributed by atoms with van der Waals surface area (Å²) in [7, 11) is -0.0449. The van der Waals surface area contributed by atoms with Gasteiger partial charge < -0.3 is 19.0 Å². The Bertz CT molecular complexity index is 1530. The molecule has 2 aromatic heterocycles. The highest BCUT2D eigenvalue weighted by Crippen LogP contribution is 2.55. The van der Waals surface area contributed by atoms with Gasteiger partial charge in [-0.15, -0.1) is 0 Å². The van der Waals surface area contributed by atoms with E-state index in [9.17, 15) is 4.79 Å². The van der Waals surface area contributed by atoms with Gasteiger partial charge in [0.2, 0.25) is 11.8 Å². The topological polar surface area (TPSA) is 67.8 Å². The zero-order valence-electron chi connectivity index (χ0n) is 28.5. The highest BCUT2D eigenvalue weighted by molar-refractivity contribution is 6.74. The molecular weight excluding hydrogens is 577 g/mol. The minimum absolute atomic E-state index is 0.144. The summed E-state index contributed by atoms with van der Waals surface area (Å²) < 4.78 is 13.0. The average Bonchev–Trinajstić information content (AvgIpc) is 3.22. The lowest BCUT2D eigenvalue weighted by Crippen LogP contribution is -2.52. The van der Waals surface area contributed by atoms with E-state index in [0.717, 1.165) is 71.9 Å². The van der Waals surface area contributed by atoms with Gasteiger partial charge in [-0.3, -0.25) is 9.78 Å². The first-order valence-corrected chi connectivity index (χ1v) is 20.0. The lowest BCUT2D eigenvalue weighted by atomic mass is 9.65. The van der Waals surface area contributed by atoms with Crippen molar-refractivity contribution in [2.45, 2.75) is 108 Å². The molecule has 1 spiro atoms. The maximum absolute atomic E-state index is 14.1. The quantitative estimate of drug-likeness (QED) is 0.185. The normalized spacial score (nSPS) is 24.4. The molecule has 2 fully saturated rings. The fourth-order valence-electron chi connectivity index (χ4n) is 7.48. The minimum atomic E-state index is -1.95. The first-order chi connectivity index (χ1) is 21.3. The number of carbonyl (C=O) groups is 1. The summed E-state index contributed by atoms with van der Waals surface area (Å²) in [5.41, 5.74) is 4.33. The lowest BCUT2D eigenvalue weighted by molar-refractivity contribution is -0.125. The summed E-state index contributed by atoms with van der Waals surface area (Å²) in [6.45, 7) is 18.0. The van der Waals surface area contributed by atoms with E-state index in [1.807, 2.05) is 30.4 Å². The van der Waals surface area contributed by atoms with E-state index in [1.165, 1.54) is 32.4 Å². The molecule has 8 heteroatoms. The average molecular weight is 629 g/mol. The molecule has 45 heavy (non-hydrogen) atoms. The van der Waals surface area contributed by atoms with Gasteiger partial charge in [0.25, 0.3) is 0 Å². The summed E-state index contributed by atoms with van der Waals surface area (Å²) in [4.78, 5) is 27.9. The number of likely N-dealkylation sites (tertiary alicyclic amines) is 1. The summed E-state index contributed by atoms with van der Waals surface area (Å²) in [6.07, 6.45) is 12.1. The Morgan fingerprint density at radius 2 is 1.64 bits per heavy atom. The molecular formula is C37H52N4O3Si. The van der Waals surface area contributed by atoms with Gasteiger partial charge in [0, 0.05) is 42.4 Å². The largest absolute Gasteiger partial charge is 0.478 e. The molecule has 3 aliphatic rings. The Hall–Kier alpha value is -2.81. The number of anilines is 1. The Labute approximate surface area is 270 Å². The van der Waals surface area contributed by atoms with Crippen LogP contribution in [0.25, 0.3) is 22.0 Å². The van der Waals surface area contributed by atoms with Crippen molar-refractivity contribution in [1.82, 2.24) is 14.9 Å².